The van der Waals surface area contributed by atoms with Crippen molar-refractivity contribution in [3.05, 3.63) is 35.9 Å². The van der Waals surface area contributed by atoms with E-state index in [1.807, 2.05) is 30.3 Å². The summed E-state index contributed by atoms with van der Waals surface area (Å²) in [4.78, 5) is 12.7. The van der Waals surface area contributed by atoms with Gasteiger partial charge in [-0.05, 0) is 44.3 Å². The standard InChI is InChI=1S/C17H26N2O2/c1-2-17(8-10-18-11-9-17)16(21)19-15(13-20)12-14-6-4-3-5-7-14/h3-7,15,18,20H,2,8-13H2,1H3,(H,19,21). The maximum absolute atomic E-state index is 12.7. The highest BCUT2D eigenvalue weighted by Gasteiger charge is 2.38. The second-order valence-corrected chi connectivity index (χ2v) is 5.93. The third-order valence-corrected chi connectivity index (χ3v) is 4.60. The van der Waals surface area contributed by atoms with Gasteiger partial charge in [0.1, 0.15) is 0 Å². The van der Waals surface area contributed by atoms with Gasteiger partial charge in [-0.15, -0.1) is 0 Å². The zero-order valence-electron chi connectivity index (χ0n) is 12.8. The van der Waals surface area contributed by atoms with Crippen molar-refractivity contribution >= 4 is 5.91 Å². The predicted molar refractivity (Wildman–Crippen MR) is 84.0 cm³/mol. The smallest absolute Gasteiger partial charge is 0.226 e. The maximum atomic E-state index is 12.7. The van der Waals surface area contributed by atoms with E-state index in [9.17, 15) is 9.90 Å². The molecule has 1 unspecified atom stereocenters. The SMILES string of the molecule is CCC1(C(=O)NC(CO)Cc2ccccc2)CCNCC1. The highest BCUT2D eigenvalue weighted by molar-refractivity contribution is 5.83. The van der Waals surface area contributed by atoms with Crippen LogP contribution >= 0.6 is 0 Å². The molecule has 21 heavy (non-hydrogen) atoms. The molecule has 0 aromatic heterocycles. The molecule has 4 nitrogen and oxygen atoms in total. The number of carbonyl (C=O) groups excluding carboxylic acids is 1. The van der Waals surface area contributed by atoms with E-state index >= 15 is 0 Å². The van der Waals surface area contributed by atoms with Crippen LogP contribution in [0.15, 0.2) is 30.3 Å². The number of hydrogen-bond donors (Lipinski definition) is 3. The fourth-order valence-electron chi connectivity index (χ4n) is 3.04. The lowest BCUT2D eigenvalue weighted by Crippen LogP contribution is -2.51. The molecule has 4 heteroatoms. The summed E-state index contributed by atoms with van der Waals surface area (Å²) in [5.74, 6) is 0.0986. The number of rotatable bonds is 6. The molecule has 1 saturated heterocycles. The third kappa shape index (κ3) is 4.05. The Morgan fingerprint density at radius 1 is 1.33 bits per heavy atom. The van der Waals surface area contributed by atoms with E-state index in [1.165, 1.54) is 0 Å². The van der Waals surface area contributed by atoms with Crippen LogP contribution in [0.2, 0.25) is 0 Å². The summed E-state index contributed by atoms with van der Waals surface area (Å²) in [6.45, 7) is 3.84. The number of benzene rings is 1. The Kier molecular flexibility index (Phi) is 5.76. The van der Waals surface area contributed by atoms with Crippen molar-refractivity contribution in [2.75, 3.05) is 19.7 Å². The molecule has 1 aliphatic heterocycles. The van der Waals surface area contributed by atoms with Crippen molar-refractivity contribution in [3.8, 4) is 0 Å². The number of aliphatic hydroxyl groups excluding tert-OH is 1. The first-order valence-corrected chi connectivity index (χ1v) is 7.86. The second kappa shape index (κ2) is 7.57. The van der Waals surface area contributed by atoms with Crippen LogP contribution in [0.1, 0.15) is 31.7 Å². The molecule has 0 bridgehead atoms. The molecule has 0 aliphatic carbocycles. The largest absolute Gasteiger partial charge is 0.394 e. The van der Waals surface area contributed by atoms with Crippen molar-refractivity contribution in [2.45, 2.75) is 38.6 Å². The quantitative estimate of drug-likeness (QED) is 0.744. The van der Waals surface area contributed by atoms with E-state index in [0.717, 1.165) is 37.9 Å². The van der Waals surface area contributed by atoms with Gasteiger partial charge in [0, 0.05) is 0 Å². The summed E-state index contributed by atoms with van der Waals surface area (Å²) >= 11 is 0. The van der Waals surface area contributed by atoms with Gasteiger partial charge in [-0.3, -0.25) is 4.79 Å². The second-order valence-electron chi connectivity index (χ2n) is 5.93. The Morgan fingerprint density at radius 3 is 2.57 bits per heavy atom. The van der Waals surface area contributed by atoms with E-state index < -0.39 is 0 Å². The van der Waals surface area contributed by atoms with Gasteiger partial charge in [0.15, 0.2) is 0 Å². The lowest BCUT2D eigenvalue weighted by molar-refractivity contribution is -0.134. The van der Waals surface area contributed by atoms with Crippen LogP contribution in [0.4, 0.5) is 0 Å². The molecule has 1 amide bonds. The summed E-state index contributed by atoms with van der Waals surface area (Å²) in [7, 11) is 0. The van der Waals surface area contributed by atoms with Gasteiger partial charge in [-0.2, -0.15) is 0 Å². The monoisotopic (exact) mass is 290 g/mol. The average molecular weight is 290 g/mol. The van der Waals surface area contributed by atoms with Crippen molar-refractivity contribution in [1.82, 2.24) is 10.6 Å². The normalized spacial score (nSPS) is 19.0. The molecule has 2 rings (SSSR count). The minimum absolute atomic E-state index is 0.0291. The molecule has 0 radical (unpaired) electrons. The Morgan fingerprint density at radius 2 is 2.00 bits per heavy atom. The van der Waals surface area contributed by atoms with E-state index in [-0.39, 0.29) is 24.0 Å². The zero-order valence-corrected chi connectivity index (χ0v) is 12.8. The number of piperidine rings is 1. The fourth-order valence-corrected chi connectivity index (χ4v) is 3.04. The third-order valence-electron chi connectivity index (χ3n) is 4.60. The van der Waals surface area contributed by atoms with Crippen molar-refractivity contribution < 1.29 is 9.90 Å². The Labute approximate surface area is 126 Å². The molecule has 1 aromatic carbocycles. The van der Waals surface area contributed by atoms with E-state index in [0.29, 0.717) is 6.42 Å². The maximum Gasteiger partial charge on any atom is 0.226 e. The Bertz CT molecular complexity index is 441. The van der Waals surface area contributed by atoms with Gasteiger partial charge in [0.2, 0.25) is 5.91 Å². The zero-order chi connectivity index (χ0) is 15.1. The van der Waals surface area contributed by atoms with E-state index in [4.69, 9.17) is 0 Å². The molecular formula is C17H26N2O2. The molecule has 1 aromatic rings. The fraction of sp³-hybridized carbons (Fsp3) is 0.588. The summed E-state index contributed by atoms with van der Waals surface area (Å²) in [5.41, 5.74) is 0.864. The lowest BCUT2D eigenvalue weighted by Gasteiger charge is -2.36. The lowest BCUT2D eigenvalue weighted by atomic mass is 9.75. The molecular weight excluding hydrogens is 264 g/mol. The minimum Gasteiger partial charge on any atom is -0.394 e. The van der Waals surface area contributed by atoms with Crippen LogP contribution in [-0.4, -0.2) is 36.8 Å². The van der Waals surface area contributed by atoms with Crippen molar-refractivity contribution in [2.24, 2.45) is 5.41 Å². The number of aliphatic hydroxyl groups is 1. The molecule has 116 valence electrons. The number of carbonyl (C=O) groups is 1. The number of nitrogens with one attached hydrogen (secondary N) is 2. The molecule has 1 fully saturated rings. The van der Waals surface area contributed by atoms with Gasteiger partial charge >= 0.3 is 0 Å². The average Bonchev–Trinajstić information content (AvgIpc) is 2.55. The molecule has 3 N–H and O–H groups in total. The topological polar surface area (TPSA) is 61.4 Å². The minimum atomic E-state index is -0.268. The first kappa shape index (κ1) is 16.0. The van der Waals surface area contributed by atoms with Crippen molar-refractivity contribution in [1.29, 1.82) is 0 Å². The molecule has 0 saturated carbocycles. The Balaban J connectivity index is 1.98. The van der Waals surface area contributed by atoms with Gasteiger partial charge in [0.05, 0.1) is 18.1 Å². The highest BCUT2D eigenvalue weighted by atomic mass is 16.3. The first-order valence-electron chi connectivity index (χ1n) is 7.86. The van der Waals surface area contributed by atoms with Gasteiger partial charge in [-0.25, -0.2) is 0 Å². The Hall–Kier alpha value is -1.39. The van der Waals surface area contributed by atoms with Crippen LogP contribution in [0.5, 0.6) is 0 Å². The molecule has 1 heterocycles. The van der Waals surface area contributed by atoms with Crippen LogP contribution in [-0.2, 0) is 11.2 Å². The number of hydrogen-bond acceptors (Lipinski definition) is 3. The first-order chi connectivity index (χ1) is 10.2. The number of amides is 1. The van der Waals surface area contributed by atoms with Gasteiger partial charge in [0.25, 0.3) is 0 Å². The molecule has 1 atom stereocenters. The molecule has 1 aliphatic rings. The summed E-state index contributed by atoms with van der Waals surface area (Å²) < 4.78 is 0. The van der Waals surface area contributed by atoms with E-state index in [2.05, 4.69) is 17.6 Å². The predicted octanol–water partition coefficient (Wildman–Crippen LogP) is 1.49. The summed E-state index contributed by atoms with van der Waals surface area (Å²) in [6, 6.07) is 9.76. The van der Waals surface area contributed by atoms with Crippen molar-refractivity contribution in [3.63, 3.8) is 0 Å². The van der Waals surface area contributed by atoms with Crippen LogP contribution < -0.4 is 10.6 Å². The van der Waals surface area contributed by atoms with Crippen LogP contribution in [0.25, 0.3) is 0 Å². The molecule has 0 spiro atoms. The summed E-state index contributed by atoms with van der Waals surface area (Å²) in [5, 5.41) is 15.9. The van der Waals surface area contributed by atoms with Gasteiger partial charge in [-0.1, -0.05) is 37.3 Å². The van der Waals surface area contributed by atoms with E-state index in [1.54, 1.807) is 0 Å². The van der Waals surface area contributed by atoms with Crippen LogP contribution in [0, 0.1) is 5.41 Å². The van der Waals surface area contributed by atoms with Gasteiger partial charge < -0.3 is 15.7 Å². The van der Waals surface area contributed by atoms with Crippen LogP contribution in [0.3, 0.4) is 0 Å². The highest BCUT2D eigenvalue weighted by Crippen LogP contribution is 2.32. The summed E-state index contributed by atoms with van der Waals surface area (Å²) in [6.07, 6.45) is 3.27.